The topological polar surface area (TPSA) is 110 Å². The number of likely N-dealkylation sites (tertiary alicyclic amines) is 1. The third-order valence-corrected chi connectivity index (χ3v) is 7.20. The molecule has 0 aromatic heterocycles. The van der Waals surface area contributed by atoms with E-state index in [0.717, 1.165) is 44.9 Å². The number of rotatable bonds is 8. The molecule has 0 radical (unpaired) electrons. The van der Waals surface area contributed by atoms with Gasteiger partial charge in [0.1, 0.15) is 17.5 Å². The summed E-state index contributed by atoms with van der Waals surface area (Å²) in [7, 11) is 0. The zero-order valence-corrected chi connectivity index (χ0v) is 19.3. The van der Waals surface area contributed by atoms with E-state index in [-0.39, 0.29) is 34.8 Å². The predicted octanol–water partition coefficient (Wildman–Crippen LogP) is 4.09. The van der Waals surface area contributed by atoms with Gasteiger partial charge in [-0.1, -0.05) is 33.1 Å². The maximum Gasteiger partial charge on any atom is 0.320 e. The van der Waals surface area contributed by atoms with Gasteiger partial charge in [0, 0.05) is 19.2 Å². The average Bonchev–Trinajstić information content (AvgIpc) is 2.77. The molecule has 1 heterocycles. The minimum absolute atomic E-state index is 0.00755. The molecule has 1 aromatic rings. The first-order chi connectivity index (χ1) is 15.3. The second kappa shape index (κ2) is 11.0. The van der Waals surface area contributed by atoms with Gasteiger partial charge in [-0.05, 0) is 68.0 Å². The van der Waals surface area contributed by atoms with Crippen LogP contribution in [-0.4, -0.2) is 57.8 Å². The maximum atomic E-state index is 13.0. The van der Waals surface area contributed by atoms with Crippen LogP contribution in [-0.2, 0) is 4.79 Å². The van der Waals surface area contributed by atoms with E-state index >= 15 is 0 Å². The van der Waals surface area contributed by atoms with Gasteiger partial charge in [-0.15, -0.1) is 0 Å². The molecule has 0 bridgehead atoms. The van der Waals surface area contributed by atoms with Crippen molar-refractivity contribution < 1.29 is 24.9 Å². The first kappa shape index (κ1) is 24.4. The molecule has 7 nitrogen and oxygen atoms in total. The van der Waals surface area contributed by atoms with Crippen LogP contribution in [0.1, 0.15) is 87.1 Å². The van der Waals surface area contributed by atoms with Crippen LogP contribution in [0.15, 0.2) is 12.1 Å². The number of phenols is 2. The number of amides is 1. The molecular formula is C25H38N2O5. The highest BCUT2D eigenvalue weighted by molar-refractivity contribution is 5.97. The lowest BCUT2D eigenvalue weighted by Gasteiger charge is -2.33. The molecule has 0 unspecified atom stereocenters. The van der Waals surface area contributed by atoms with E-state index in [4.69, 9.17) is 0 Å². The fraction of sp³-hybridized carbons (Fsp3) is 0.680. The van der Waals surface area contributed by atoms with E-state index in [1.165, 1.54) is 12.5 Å². The molecule has 3 rings (SSSR count). The number of carbonyl (C=O) groups excluding carboxylic acids is 1. The number of phenolic OH excluding ortho intramolecular Hbond substituents is 2. The van der Waals surface area contributed by atoms with Crippen molar-refractivity contribution in [2.45, 2.75) is 77.2 Å². The van der Waals surface area contributed by atoms with Crippen molar-refractivity contribution in [3.8, 4) is 11.5 Å². The third-order valence-electron chi connectivity index (χ3n) is 7.20. The Bertz CT molecular complexity index is 796. The zero-order chi connectivity index (χ0) is 23.3. The minimum atomic E-state index is -0.744. The van der Waals surface area contributed by atoms with E-state index < -0.39 is 12.0 Å². The summed E-state index contributed by atoms with van der Waals surface area (Å²) in [4.78, 5) is 26.4. The summed E-state index contributed by atoms with van der Waals surface area (Å²) in [5.41, 5.74) is 0.890. The van der Waals surface area contributed by atoms with E-state index in [0.29, 0.717) is 31.1 Å². The highest BCUT2D eigenvalue weighted by Crippen LogP contribution is 2.33. The first-order valence-corrected chi connectivity index (χ1v) is 12.1. The van der Waals surface area contributed by atoms with Crippen molar-refractivity contribution in [1.29, 1.82) is 0 Å². The Morgan fingerprint density at radius 2 is 1.69 bits per heavy atom. The minimum Gasteiger partial charge on any atom is -0.508 e. The molecule has 1 aliphatic carbocycles. The number of nitrogens with zero attached hydrogens (tertiary/aromatic N) is 1. The standard InChI is InChI=1S/C25H38N2O5/c1-16(2)19-14-20(22(29)15-21(19)28)24(30)27-12-9-17(10-13-27)8-11-26-23(25(31)32)18-6-4-3-5-7-18/h14-18,23,26,28-29H,3-13H2,1-2H3,(H,31,32)/t23-/m0/s1. The Hall–Kier alpha value is -2.28. The fourth-order valence-corrected chi connectivity index (χ4v) is 5.19. The lowest BCUT2D eigenvalue weighted by molar-refractivity contribution is -0.141. The summed E-state index contributed by atoms with van der Waals surface area (Å²) >= 11 is 0. The molecule has 1 aliphatic heterocycles. The van der Waals surface area contributed by atoms with Crippen molar-refractivity contribution in [1.82, 2.24) is 10.2 Å². The normalized spacial score (nSPS) is 19.3. The van der Waals surface area contributed by atoms with Crippen LogP contribution >= 0.6 is 0 Å². The van der Waals surface area contributed by atoms with E-state index in [1.54, 1.807) is 11.0 Å². The Morgan fingerprint density at radius 3 is 2.28 bits per heavy atom. The number of carboxylic acid groups (broad SMARTS) is 1. The molecule has 1 aromatic carbocycles. The number of aromatic hydroxyl groups is 2. The predicted molar refractivity (Wildman–Crippen MR) is 123 cm³/mol. The van der Waals surface area contributed by atoms with E-state index in [2.05, 4.69) is 5.32 Å². The average molecular weight is 447 g/mol. The van der Waals surface area contributed by atoms with Crippen molar-refractivity contribution in [2.24, 2.45) is 11.8 Å². The monoisotopic (exact) mass is 446 g/mol. The smallest absolute Gasteiger partial charge is 0.320 e. The molecule has 1 atom stereocenters. The van der Waals surface area contributed by atoms with Crippen molar-refractivity contribution in [3.05, 3.63) is 23.3 Å². The number of hydrogen-bond acceptors (Lipinski definition) is 5. The molecule has 2 fully saturated rings. The Morgan fingerprint density at radius 1 is 1.03 bits per heavy atom. The quantitative estimate of drug-likeness (QED) is 0.479. The Kier molecular flexibility index (Phi) is 8.40. The number of hydrogen-bond donors (Lipinski definition) is 4. The van der Waals surface area contributed by atoms with Crippen LogP contribution in [0.5, 0.6) is 11.5 Å². The highest BCUT2D eigenvalue weighted by atomic mass is 16.4. The molecule has 32 heavy (non-hydrogen) atoms. The summed E-state index contributed by atoms with van der Waals surface area (Å²) in [6.07, 6.45) is 8.08. The van der Waals surface area contributed by atoms with Gasteiger partial charge in [0.05, 0.1) is 5.56 Å². The van der Waals surface area contributed by atoms with Crippen LogP contribution in [0, 0.1) is 11.8 Å². The second-order valence-electron chi connectivity index (χ2n) is 9.78. The SMILES string of the molecule is CC(C)c1cc(C(=O)N2CCC(CCN[C@H](C(=O)O)C3CCCCC3)CC2)c(O)cc1O. The Balaban J connectivity index is 1.49. The van der Waals surface area contributed by atoms with Gasteiger partial charge in [-0.3, -0.25) is 9.59 Å². The zero-order valence-electron chi connectivity index (χ0n) is 19.3. The summed E-state index contributed by atoms with van der Waals surface area (Å²) in [6, 6.07) is 2.40. The molecule has 2 aliphatic rings. The number of piperidine rings is 1. The second-order valence-corrected chi connectivity index (χ2v) is 9.78. The molecule has 0 spiro atoms. The van der Waals surface area contributed by atoms with Gasteiger partial charge < -0.3 is 25.5 Å². The molecular weight excluding hydrogens is 408 g/mol. The lowest BCUT2D eigenvalue weighted by atomic mass is 9.83. The number of nitrogens with one attached hydrogen (secondary N) is 1. The van der Waals surface area contributed by atoms with Crippen molar-refractivity contribution in [2.75, 3.05) is 19.6 Å². The fourth-order valence-electron chi connectivity index (χ4n) is 5.19. The Labute approximate surface area is 190 Å². The maximum absolute atomic E-state index is 13.0. The summed E-state index contributed by atoms with van der Waals surface area (Å²) in [5, 5.41) is 33.1. The summed E-state index contributed by atoms with van der Waals surface area (Å²) in [6.45, 7) is 5.78. The van der Waals surface area contributed by atoms with Crippen LogP contribution in [0.2, 0.25) is 0 Å². The van der Waals surface area contributed by atoms with Crippen molar-refractivity contribution >= 4 is 11.9 Å². The number of benzene rings is 1. The molecule has 178 valence electrons. The van der Waals surface area contributed by atoms with E-state index in [1.807, 2.05) is 13.8 Å². The molecule has 7 heteroatoms. The van der Waals surface area contributed by atoms with Gasteiger partial charge >= 0.3 is 5.97 Å². The van der Waals surface area contributed by atoms with Gasteiger partial charge in [-0.25, -0.2) is 0 Å². The summed E-state index contributed by atoms with van der Waals surface area (Å²) in [5.74, 6) is -0.403. The van der Waals surface area contributed by atoms with Crippen LogP contribution < -0.4 is 5.32 Å². The third kappa shape index (κ3) is 5.94. The number of aliphatic carboxylic acids is 1. The van der Waals surface area contributed by atoms with Gasteiger partial charge in [0.2, 0.25) is 0 Å². The number of carboxylic acids is 1. The van der Waals surface area contributed by atoms with Gasteiger partial charge in [0.25, 0.3) is 5.91 Å². The first-order valence-electron chi connectivity index (χ1n) is 12.1. The lowest BCUT2D eigenvalue weighted by Crippen LogP contribution is -2.45. The van der Waals surface area contributed by atoms with Gasteiger partial charge in [-0.2, -0.15) is 0 Å². The highest BCUT2D eigenvalue weighted by Gasteiger charge is 2.30. The van der Waals surface area contributed by atoms with Crippen LogP contribution in [0.25, 0.3) is 0 Å². The van der Waals surface area contributed by atoms with Crippen LogP contribution in [0.4, 0.5) is 0 Å². The largest absolute Gasteiger partial charge is 0.508 e. The molecule has 1 amide bonds. The molecule has 4 N–H and O–H groups in total. The number of carbonyl (C=O) groups is 2. The van der Waals surface area contributed by atoms with Gasteiger partial charge in [0.15, 0.2) is 0 Å². The molecule has 1 saturated carbocycles. The van der Waals surface area contributed by atoms with E-state index in [9.17, 15) is 24.9 Å². The summed E-state index contributed by atoms with van der Waals surface area (Å²) < 4.78 is 0. The van der Waals surface area contributed by atoms with Crippen molar-refractivity contribution in [3.63, 3.8) is 0 Å². The molecule has 1 saturated heterocycles. The van der Waals surface area contributed by atoms with Crippen LogP contribution in [0.3, 0.4) is 0 Å².